The summed E-state index contributed by atoms with van der Waals surface area (Å²) in [6.45, 7) is 4.22. The van der Waals surface area contributed by atoms with Crippen molar-refractivity contribution in [2.45, 2.75) is 26.2 Å². The van der Waals surface area contributed by atoms with Gasteiger partial charge in [0.15, 0.2) is 0 Å². The van der Waals surface area contributed by atoms with E-state index in [9.17, 15) is 4.79 Å². The van der Waals surface area contributed by atoms with E-state index in [2.05, 4.69) is 0 Å². The van der Waals surface area contributed by atoms with Crippen LogP contribution in [0, 0.1) is 0 Å². The van der Waals surface area contributed by atoms with Crippen LogP contribution in [0.5, 0.6) is 5.75 Å². The van der Waals surface area contributed by atoms with E-state index >= 15 is 0 Å². The number of aldehydes is 1. The molecule has 74 valence electrons. The maximum absolute atomic E-state index is 10.5. The van der Waals surface area contributed by atoms with E-state index in [1.165, 1.54) is 0 Å². The van der Waals surface area contributed by atoms with Crippen molar-refractivity contribution in [3.63, 3.8) is 0 Å². The predicted octanol–water partition coefficient (Wildman–Crippen LogP) is 2.14. The molecule has 1 aromatic carbocycles. The van der Waals surface area contributed by atoms with Gasteiger partial charge in [0.1, 0.15) is 12.0 Å². The molecule has 0 fully saturated rings. The van der Waals surface area contributed by atoms with Crippen LogP contribution >= 0.6 is 0 Å². The lowest BCUT2D eigenvalue weighted by Crippen LogP contribution is -2.35. The van der Waals surface area contributed by atoms with Crippen molar-refractivity contribution in [1.82, 2.24) is 0 Å². The minimum absolute atomic E-state index is 0.490. The van der Waals surface area contributed by atoms with E-state index in [1.54, 1.807) is 12.1 Å². The van der Waals surface area contributed by atoms with Gasteiger partial charge in [-0.05, 0) is 18.2 Å². The topological polar surface area (TPSA) is 35.5 Å². The standard InChI is InChI=1S/C11H12O3/c1-11(2)13-7-9-5-8(6-12)3-4-10(9)14-11/h3-6H,7H2,1-2H3. The van der Waals surface area contributed by atoms with Crippen LogP contribution in [0.2, 0.25) is 0 Å². The van der Waals surface area contributed by atoms with Crippen molar-refractivity contribution in [3.8, 4) is 5.75 Å². The maximum atomic E-state index is 10.5. The van der Waals surface area contributed by atoms with Gasteiger partial charge in [0.05, 0.1) is 6.61 Å². The molecule has 3 heteroatoms. The first-order chi connectivity index (χ1) is 6.61. The van der Waals surface area contributed by atoms with Crippen molar-refractivity contribution in [2.24, 2.45) is 0 Å². The Hall–Kier alpha value is -1.35. The van der Waals surface area contributed by atoms with Crippen LogP contribution in [0.15, 0.2) is 18.2 Å². The Morgan fingerprint density at radius 1 is 1.43 bits per heavy atom. The Morgan fingerprint density at radius 3 is 2.93 bits per heavy atom. The molecule has 0 unspecified atom stereocenters. The van der Waals surface area contributed by atoms with Crippen LogP contribution in [0.1, 0.15) is 29.8 Å². The fourth-order valence-corrected chi connectivity index (χ4v) is 1.43. The summed E-state index contributed by atoms with van der Waals surface area (Å²) in [7, 11) is 0. The second-order valence-corrected chi connectivity index (χ2v) is 3.78. The van der Waals surface area contributed by atoms with Crippen LogP contribution in [-0.4, -0.2) is 12.1 Å². The van der Waals surface area contributed by atoms with Crippen molar-refractivity contribution < 1.29 is 14.3 Å². The number of rotatable bonds is 1. The summed E-state index contributed by atoms with van der Waals surface area (Å²) in [5.41, 5.74) is 1.57. The molecule has 2 rings (SSSR count). The Morgan fingerprint density at radius 2 is 2.21 bits per heavy atom. The quantitative estimate of drug-likeness (QED) is 0.639. The Labute approximate surface area is 82.6 Å². The molecule has 0 atom stereocenters. The molecule has 0 spiro atoms. The third kappa shape index (κ3) is 1.63. The minimum atomic E-state index is -0.574. The smallest absolute Gasteiger partial charge is 0.205 e. The number of fused-ring (bicyclic) bond motifs is 1. The van der Waals surface area contributed by atoms with Crippen molar-refractivity contribution in [1.29, 1.82) is 0 Å². The average molecular weight is 192 g/mol. The predicted molar refractivity (Wildman–Crippen MR) is 51.3 cm³/mol. The van der Waals surface area contributed by atoms with Crippen molar-refractivity contribution in [3.05, 3.63) is 29.3 Å². The molecule has 0 aromatic heterocycles. The highest BCUT2D eigenvalue weighted by Gasteiger charge is 2.26. The van der Waals surface area contributed by atoms with Gasteiger partial charge in [0, 0.05) is 25.0 Å². The van der Waals surface area contributed by atoms with Gasteiger partial charge in [0.25, 0.3) is 0 Å². The molecule has 1 heterocycles. The van der Waals surface area contributed by atoms with Crippen LogP contribution in [0.4, 0.5) is 0 Å². The van der Waals surface area contributed by atoms with Gasteiger partial charge < -0.3 is 9.47 Å². The summed E-state index contributed by atoms with van der Waals surface area (Å²) < 4.78 is 11.0. The van der Waals surface area contributed by atoms with E-state index in [1.807, 2.05) is 19.9 Å². The third-order valence-corrected chi connectivity index (χ3v) is 2.15. The van der Waals surface area contributed by atoms with Gasteiger partial charge in [-0.1, -0.05) is 0 Å². The van der Waals surface area contributed by atoms with E-state index in [4.69, 9.17) is 9.47 Å². The molecule has 0 bridgehead atoms. The molecule has 1 aromatic rings. The molecule has 0 saturated carbocycles. The van der Waals surface area contributed by atoms with Crippen molar-refractivity contribution >= 4 is 6.29 Å². The zero-order valence-electron chi connectivity index (χ0n) is 8.24. The minimum Gasteiger partial charge on any atom is -0.463 e. The van der Waals surface area contributed by atoms with Crippen LogP contribution < -0.4 is 4.74 Å². The summed E-state index contributed by atoms with van der Waals surface area (Å²) >= 11 is 0. The van der Waals surface area contributed by atoms with E-state index < -0.39 is 5.79 Å². The molecular weight excluding hydrogens is 180 g/mol. The largest absolute Gasteiger partial charge is 0.463 e. The van der Waals surface area contributed by atoms with Gasteiger partial charge in [-0.15, -0.1) is 0 Å². The van der Waals surface area contributed by atoms with E-state index in [0.29, 0.717) is 12.2 Å². The molecule has 0 N–H and O–H groups in total. The summed E-state index contributed by atoms with van der Waals surface area (Å²) in [5.74, 6) is 0.224. The van der Waals surface area contributed by atoms with E-state index in [-0.39, 0.29) is 0 Å². The van der Waals surface area contributed by atoms with Gasteiger partial charge in [-0.2, -0.15) is 0 Å². The number of hydrogen-bond donors (Lipinski definition) is 0. The number of ether oxygens (including phenoxy) is 2. The lowest BCUT2D eigenvalue weighted by atomic mass is 10.1. The lowest BCUT2D eigenvalue weighted by Gasteiger charge is -2.32. The SMILES string of the molecule is CC1(C)OCc2cc(C=O)ccc2O1. The van der Waals surface area contributed by atoms with Crippen LogP contribution in [0.25, 0.3) is 0 Å². The van der Waals surface area contributed by atoms with Gasteiger partial charge in [-0.3, -0.25) is 4.79 Å². The molecule has 1 aliphatic rings. The fraction of sp³-hybridized carbons (Fsp3) is 0.364. The number of carbonyl (C=O) groups is 1. The van der Waals surface area contributed by atoms with Crippen molar-refractivity contribution in [2.75, 3.05) is 0 Å². The number of hydrogen-bond acceptors (Lipinski definition) is 3. The number of carbonyl (C=O) groups excluding carboxylic acids is 1. The molecule has 3 nitrogen and oxygen atoms in total. The normalized spacial score (nSPS) is 18.1. The molecule has 0 radical (unpaired) electrons. The Balaban J connectivity index is 2.37. The summed E-state index contributed by atoms with van der Waals surface area (Å²) in [6, 6.07) is 5.34. The highest BCUT2D eigenvalue weighted by molar-refractivity contribution is 5.75. The highest BCUT2D eigenvalue weighted by Crippen LogP contribution is 2.31. The monoisotopic (exact) mass is 192 g/mol. The van der Waals surface area contributed by atoms with Gasteiger partial charge in [-0.25, -0.2) is 0 Å². The Kier molecular flexibility index (Phi) is 2.04. The molecule has 0 amide bonds. The molecular formula is C11H12O3. The van der Waals surface area contributed by atoms with Crippen LogP contribution in [-0.2, 0) is 11.3 Å². The van der Waals surface area contributed by atoms with Gasteiger partial charge in [0.2, 0.25) is 5.79 Å². The first-order valence-corrected chi connectivity index (χ1v) is 4.52. The highest BCUT2D eigenvalue weighted by atomic mass is 16.7. The first-order valence-electron chi connectivity index (χ1n) is 4.52. The fourth-order valence-electron chi connectivity index (χ4n) is 1.43. The number of benzene rings is 1. The average Bonchev–Trinajstić information content (AvgIpc) is 2.16. The first kappa shape index (κ1) is 9.21. The maximum Gasteiger partial charge on any atom is 0.205 e. The second-order valence-electron chi connectivity index (χ2n) is 3.78. The second kappa shape index (κ2) is 3.10. The zero-order valence-corrected chi connectivity index (χ0v) is 8.24. The lowest BCUT2D eigenvalue weighted by molar-refractivity contribution is -0.180. The molecule has 0 aliphatic carbocycles. The molecule has 0 saturated heterocycles. The molecule has 1 aliphatic heterocycles. The summed E-state index contributed by atoms with van der Waals surface area (Å²) in [5, 5.41) is 0. The zero-order chi connectivity index (χ0) is 10.2. The third-order valence-electron chi connectivity index (χ3n) is 2.15. The summed E-state index contributed by atoms with van der Waals surface area (Å²) in [6.07, 6.45) is 0.819. The summed E-state index contributed by atoms with van der Waals surface area (Å²) in [4.78, 5) is 10.5. The Bertz CT molecular complexity index is 369. The van der Waals surface area contributed by atoms with E-state index in [0.717, 1.165) is 17.6 Å². The van der Waals surface area contributed by atoms with Crippen LogP contribution in [0.3, 0.4) is 0 Å². The van der Waals surface area contributed by atoms with Gasteiger partial charge >= 0.3 is 0 Å². The molecule has 14 heavy (non-hydrogen) atoms.